The average Bonchev–Trinajstić information content (AvgIpc) is 2.38. The minimum absolute atomic E-state index is 0.0663. The first kappa shape index (κ1) is 14.4. The normalized spacial score (nSPS) is 10.6. The molecular weight excluding hydrogens is 244 g/mol. The molecule has 0 spiro atoms. The number of nitrogens with one attached hydrogen (secondary N) is 1. The van der Waals surface area contributed by atoms with Crippen LogP contribution in [-0.2, 0) is 4.79 Å². The maximum Gasteiger partial charge on any atom is 0.271 e. The van der Waals surface area contributed by atoms with Crippen LogP contribution in [0.3, 0.4) is 0 Å². The van der Waals surface area contributed by atoms with E-state index in [0.717, 1.165) is 5.57 Å². The predicted molar refractivity (Wildman–Crippen MR) is 74.8 cm³/mol. The monoisotopic (exact) mass is 258 g/mol. The lowest BCUT2D eigenvalue weighted by atomic mass is 10.1. The van der Waals surface area contributed by atoms with Crippen LogP contribution in [0.2, 0.25) is 0 Å². The third-order valence-corrected chi connectivity index (χ3v) is 2.30. The van der Waals surface area contributed by atoms with Crippen molar-refractivity contribution in [2.45, 2.75) is 6.42 Å². The van der Waals surface area contributed by atoms with Gasteiger partial charge in [-0.3, -0.25) is 14.9 Å². The Hall–Kier alpha value is -2.69. The van der Waals surface area contributed by atoms with Crippen molar-refractivity contribution in [3.63, 3.8) is 0 Å². The number of hydrogen-bond donors (Lipinski definition) is 1. The Balaban J connectivity index is 2.74. The van der Waals surface area contributed by atoms with Crippen LogP contribution in [0.15, 0.2) is 61.2 Å². The van der Waals surface area contributed by atoms with E-state index in [2.05, 4.69) is 18.5 Å². The number of non-ortho nitro benzene ring substituents is 1. The van der Waals surface area contributed by atoms with Crippen molar-refractivity contribution in [1.29, 1.82) is 0 Å². The minimum atomic E-state index is -0.511. The molecule has 0 saturated heterocycles. The molecule has 1 aromatic carbocycles. The number of rotatable bonds is 6. The van der Waals surface area contributed by atoms with E-state index in [9.17, 15) is 14.9 Å². The van der Waals surface area contributed by atoms with Crippen LogP contribution in [0, 0.1) is 10.1 Å². The second-order valence-corrected chi connectivity index (χ2v) is 3.71. The zero-order valence-electron chi connectivity index (χ0n) is 10.3. The Kier molecular flexibility index (Phi) is 5.22. The summed E-state index contributed by atoms with van der Waals surface area (Å²) < 4.78 is 0. The fourth-order valence-corrected chi connectivity index (χ4v) is 1.44. The maximum absolute atomic E-state index is 11.7. The highest BCUT2D eigenvalue weighted by Gasteiger charge is 2.08. The van der Waals surface area contributed by atoms with Crippen molar-refractivity contribution in [3.8, 4) is 0 Å². The van der Waals surface area contributed by atoms with Crippen molar-refractivity contribution in [2.24, 2.45) is 0 Å². The van der Waals surface area contributed by atoms with Gasteiger partial charge in [-0.2, -0.15) is 0 Å². The summed E-state index contributed by atoms with van der Waals surface area (Å²) in [6, 6.07) is 5.78. The summed E-state index contributed by atoms with van der Waals surface area (Å²) in [7, 11) is 0. The molecule has 1 N–H and O–H groups in total. The highest BCUT2D eigenvalue weighted by molar-refractivity contribution is 5.92. The summed E-state index contributed by atoms with van der Waals surface area (Å²) in [6.07, 6.45) is 4.95. The number of nitro benzene ring substituents is 1. The van der Waals surface area contributed by atoms with Gasteiger partial charge in [-0.1, -0.05) is 37.5 Å². The van der Waals surface area contributed by atoms with Gasteiger partial charge in [0.2, 0.25) is 5.91 Å². The standard InChI is InChI=1S/C14H14N2O3/c1-3-6-11(4-2)9-14(17)15-12-7-5-8-13(10-12)16(18)19/h3-8,10H,1-2,9H2,(H,15,17)/b11-6+. The molecule has 98 valence electrons. The lowest BCUT2D eigenvalue weighted by Gasteiger charge is -2.05. The molecule has 0 aliphatic heterocycles. The Morgan fingerprint density at radius 1 is 1.42 bits per heavy atom. The lowest BCUT2D eigenvalue weighted by molar-refractivity contribution is -0.384. The van der Waals surface area contributed by atoms with Crippen molar-refractivity contribution in [1.82, 2.24) is 0 Å². The molecule has 0 radical (unpaired) electrons. The topological polar surface area (TPSA) is 72.2 Å². The van der Waals surface area contributed by atoms with E-state index < -0.39 is 4.92 Å². The molecule has 5 heteroatoms. The molecule has 0 aromatic heterocycles. The van der Waals surface area contributed by atoms with Gasteiger partial charge in [0.05, 0.1) is 11.3 Å². The molecule has 5 nitrogen and oxygen atoms in total. The van der Waals surface area contributed by atoms with Crippen molar-refractivity contribution in [3.05, 3.63) is 71.3 Å². The summed E-state index contributed by atoms with van der Waals surface area (Å²) in [6.45, 7) is 7.13. The van der Waals surface area contributed by atoms with Crippen LogP contribution in [-0.4, -0.2) is 10.8 Å². The summed E-state index contributed by atoms with van der Waals surface area (Å²) >= 11 is 0. The van der Waals surface area contributed by atoms with Crippen LogP contribution in [0.1, 0.15) is 6.42 Å². The van der Waals surface area contributed by atoms with Crippen LogP contribution >= 0.6 is 0 Å². The molecular formula is C14H14N2O3. The zero-order valence-corrected chi connectivity index (χ0v) is 10.3. The van der Waals surface area contributed by atoms with Gasteiger partial charge in [-0.05, 0) is 11.6 Å². The van der Waals surface area contributed by atoms with Gasteiger partial charge in [0.15, 0.2) is 0 Å². The number of nitro groups is 1. The van der Waals surface area contributed by atoms with Gasteiger partial charge in [0.25, 0.3) is 5.69 Å². The lowest BCUT2D eigenvalue weighted by Crippen LogP contribution is -2.11. The third kappa shape index (κ3) is 4.59. The smallest absolute Gasteiger partial charge is 0.271 e. The molecule has 0 bridgehead atoms. The van der Waals surface area contributed by atoms with Crippen LogP contribution < -0.4 is 5.32 Å². The van der Waals surface area contributed by atoms with E-state index in [1.165, 1.54) is 18.2 Å². The summed E-state index contributed by atoms with van der Waals surface area (Å²) in [4.78, 5) is 21.8. The molecule has 1 rings (SSSR count). The SMILES string of the molecule is C=C/C=C(\C=C)CC(=O)Nc1cccc([N+](=O)[O-])c1. The zero-order chi connectivity index (χ0) is 14.3. The first-order valence-corrected chi connectivity index (χ1v) is 5.55. The fourth-order valence-electron chi connectivity index (χ4n) is 1.44. The van der Waals surface area contributed by atoms with Gasteiger partial charge < -0.3 is 5.32 Å². The van der Waals surface area contributed by atoms with E-state index in [-0.39, 0.29) is 18.0 Å². The van der Waals surface area contributed by atoms with Crippen LogP contribution in [0.25, 0.3) is 0 Å². The first-order valence-electron chi connectivity index (χ1n) is 5.55. The molecule has 19 heavy (non-hydrogen) atoms. The van der Waals surface area contributed by atoms with E-state index in [0.29, 0.717) is 5.69 Å². The number of allylic oxidation sites excluding steroid dienone is 3. The Bertz CT molecular complexity index is 547. The van der Waals surface area contributed by atoms with Crippen molar-refractivity contribution in [2.75, 3.05) is 5.32 Å². The molecule has 0 heterocycles. The van der Waals surface area contributed by atoms with E-state index in [4.69, 9.17) is 0 Å². The average molecular weight is 258 g/mol. The van der Waals surface area contributed by atoms with Gasteiger partial charge >= 0.3 is 0 Å². The molecule has 0 unspecified atom stereocenters. The molecule has 0 atom stereocenters. The van der Waals surface area contributed by atoms with E-state index >= 15 is 0 Å². The number of anilines is 1. The van der Waals surface area contributed by atoms with Crippen LogP contribution in [0.4, 0.5) is 11.4 Å². The van der Waals surface area contributed by atoms with Crippen LogP contribution in [0.5, 0.6) is 0 Å². The number of nitrogens with zero attached hydrogens (tertiary/aromatic N) is 1. The molecule has 0 aliphatic carbocycles. The minimum Gasteiger partial charge on any atom is -0.326 e. The summed E-state index contributed by atoms with van der Waals surface area (Å²) in [5.74, 6) is -0.270. The second kappa shape index (κ2) is 6.90. The summed E-state index contributed by atoms with van der Waals surface area (Å²) in [5, 5.41) is 13.2. The third-order valence-electron chi connectivity index (χ3n) is 2.30. The maximum atomic E-state index is 11.7. The molecule has 1 aromatic rings. The Morgan fingerprint density at radius 2 is 2.16 bits per heavy atom. The highest BCUT2D eigenvalue weighted by atomic mass is 16.6. The van der Waals surface area contributed by atoms with Crippen molar-refractivity contribution >= 4 is 17.3 Å². The first-order chi connectivity index (χ1) is 9.06. The van der Waals surface area contributed by atoms with Crippen molar-refractivity contribution < 1.29 is 9.72 Å². The molecule has 0 fully saturated rings. The molecule has 1 amide bonds. The van der Waals surface area contributed by atoms with E-state index in [1.54, 1.807) is 24.3 Å². The number of carbonyl (C=O) groups is 1. The Labute approximate surface area is 111 Å². The number of hydrogen-bond acceptors (Lipinski definition) is 3. The van der Waals surface area contributed by atoms with Gasteiger partial charge in [0.1, 0.15) is 0 Å². The number of benzene rings is 1. The van der Waals surface area contributed by atoms with Gasteiger partial charge in [-0.15, -0.1) is 0 Å². The second-order valence-electron chi connectivity index (χ2n) is 3.71. The largest absolute Gasteiger partial charge is 0.326 e. The summed E-state index contributed by atoms with van der Waals surface area (Å²) in [5.41, 5.74) is 1.04. The number of carbonyl (C=O) groups excluding carboxylic acids is 1. The molecule has 0 saturated carbocycles. The Morgan fingerprint density at radius 3 is 2.74 bits per heavy atom. The van der Waals surface area contributed by atoms with E-state index in [1.807, 2.05) is 0 Å². The van der Waals surface area contributed by atoms with Gasteiger partial charge in [0, 0.05) is 17.8 Å². The quantitative estimate of drug-likeness (QED) is 0.483. The predicted octanol–water partition coefficient (Wildman–Crippen LogP) is 3.22. The van der Waals surface area contributed by atoms with Gasteiger partial charge in [-0.25, -0.2) is 0 Å². The molecule has 0 aliphatic rings. The number of amides is 1. The highest BCUT2D eigenvalue weighted by Crippen LogP contribution is 2.17. The fraction of sp³-hybridized carbons (Fsp3) is 0.0714.